The zero-order valence-corrected chi connectivity index (χ0v) is 18.3. The number of nitrogens with one attached hydrogen (secondary N) is 1. The standard InChI is InChI=1S/C26H30N2O4/c1-19-5-10-23(26(30)27-19)16-25(29)22-3-2-4-24(15-22)32-18-21-8-6-20(7-9-21)17-28-11-13-31-14-12-28/h2-4,6-9,15,23H,1,5,10-14,16-18H2,(H,27,30). The van der Waals surface area contributed by atoms with Crippen LogP contribution in [-0.2, 0) is 22.7 Å². The Morgan fingerprint density at radius 1 is 1.12 bits per heavy atom. The van der Waals surface area contributed by atoms with Crippen molar-refractivity contribution in [2.24, 2.45) is 5.92 Å². The van der Waals surface area contributed by atoms with Crippen molar-refractivity contribution in [2.45, 2.75) is 32.4 Å². The molecule has 0 aliphatic carbocycles. The molecule has 2 aromatic rings. The van der Waals surface area contributed by atoms with E-state index in [1.54, 1.807) is 12.1 Å². The molecule has 1 amide bonds. The fourth-order valence-corrected chi connectivity index (χ4v) is 4.04. The zero-order chi connectivity index (χ0) is 22.3. The van der Waals surface area contributed by atoms with Gasteiger partial charge in [-0.1, -0.05) is 43.0 Å². The van der Waals surface area contributed by atoms with Crippen molar-refractivity contribution >= 4 is 11.7 Å². The summed E-state index contributed by atoms with van der Waals surface area (Å²) < 4.78 is 11.3. The summed E-state index contributed by atoms with van der Waals surface area (Å²) in [6.45, 7) is 8.70. The van der Waals surface area contributed by atoms with Gasteiger partial charge in [0, 0.05) is 43.2 Å². The number of carbonyl (C=O) groups is 2. The third-order valence-electron chi connectivity index (χ3n) is 5.99. The summed E-state index contributed by atoms with van der Waals surface area (Å²) in [4.78, 5) is 27.2. The lowest BCUT2D eigenvalue weighted by Gasteiger charge is -2.26. The first-order chi connectivity index (χ1) is 15.6. The normalized spacial score (nSPS) is 19.4. The van der Waals surface area contributed by atoms with Gasteiger partial charge in [-0.25, -0.2) is 0 Å². The molecule has 2 aromatic carbocycles. The summed E-state index contributed by atoms with van der Waals surface area (Å²) in [5, 5.41) is 2.74. The van der Waals surface area contributed by atoms with E-state index < -0.39 is 0 Å². The number of nitrogens with zero attached hydrogens (tertiary/aromatic N) is 1. The highest BCUT2D eigenvalue weighted by atomic mass is 16.5. The molecule has 6 heteroatoms. The van der Waals surface area contributed by atoms with E-state index in [0.29, 0.717) is 24.3 Å². The Hall–Kier alpha value is -2.96. The maximum absolute atomic E-state index is 12.7. The molecular formula is C26H30N2O4. The quantitative estimate of drug-likeness (QED) is 0.642. The van der Waals surface area contributed by atoms with E-state index in [0.717, 1.165) is 50.5 Å². The van der Waals surface area contributed by atoms with Crippen molar-refractivity contribution < 1.29 is 19.1 Å². The van der Waals surface area contributed by atoms with Gasteiger partial charge in [0.1, 0.15) is 12.4 Å². The van der Waals surface area contributed by atoms with Gasteiger partial charge in [0.2, 0.25) is 5.91 Å². The summed E-state index contributed by atoms with van der Waals surface area (Å²) in [7, 11) is 0. The van der Waals surface area contributed by atoms with Crippen LogP contribution in [-0.4, -0.2) is 42.9 Å². The molecule has 0 radical (unpaired) electrons. The first kappa shape index (κ1) is 22.2. The van der Waals surface area contributed by atoms with Crippen molar-refractivity contribution in [3.8, 4) is 5.75 Å². The minimum Gasteiger partial charge on any atom is -0.489 e. The van der Waals surface area contributed by atoms with Gasteiger partial charge < -0.3 is 14.8 Å². The third-order valence-corrected chi connectivity index (χ3v) is 5.99. The second-order valence-corrected chi connectivity index (χ2v) is 8.48. The van der Waals surface area contributed by atoms with Gasteiger partial charge in [-0.2, -0.15) is 0 Å². The molecule has 6 nitrogen and oxygen atoms in total. The second kappa shape index (κ2) is 10.6. The average molecular weight is 435 g/mol. The molecule has 2 aliphatic heterocycles. The van der Waals surface area contributed by atoms with Crippen molar-refractivity contribution in [1.29, 1.82) is 0 Å². The van der Waals surface area contributed by atoms with Crippen molar-refractivity contribution in [1.82, 2.24) is 10.2 Å². The van der Waals surface area contributed by atoms with Crippen LogP contribution in [0.1, 0.15) is 40.7 Å². The van der Waals surface area contributed by atoms with Crippen LogP contribution in [0, 0.1) is 5.92 Å². The second-order valence-electron chi connectivity index (χ2n) is 8.48. The molecule has 0 saturated carbocycles. The van der Waals surface area contributed by atoms with Crippen molar-refractivity contribution in [3.05, 3.63) is 77.5 Å². The van der Waals surface area contributed by atoms with Crippen LogP contribution in [0.2, 0.25) is 0 Å². The maximum Gasteiger partial charge on any atom is 0.227 e. The summed E-state index contributed by atoms with van der Waals surface area (Å²) in [5.41, 5.74) is 3.65. The Balaban J connectivity index is 1.29. The molecule has 0 spiro atoms. The topological polar surface area (TPSA) is 67.9 Å². The van der Waals surface area contributed by atoms with Gasteiger partial charge in [-0.3, -0.25) is 14.5 Å². The Morgan fingerprint density at radius 2 is 1.88 bits per heavy atom. The van der Waals surface area contributed by atoms with E-state index in [1.807, 2.05) is 12.1 Å². The van der Waals surface area contributed by atoms with Crippen LogP contribution in [0.25, 0.3) is 0 Å². The van der Waals surface area contributed by atoms with E-state index in [1.165, 1.54) is 5.56 Å². The number of hydrogen-bond acceptors (Lipinski definition) is 5. The lowest BCUT2D eigenvalue weighted by molar-refractivity contribution is -0.125. The van der Waals surface area contributed by atoms with Gasteiger partial charge in [0.05, 0.1) is 13.2 Å². The number of morpholine rings is 1. The predicted molar refractivity (Wildman–Crippen MR) is 122 cm³/mol. The number of piperidine rings is 1. The number of allylic oxidation sites excluding steroid dienone is 1. The molecule has 2 saturated heterocycles. The largest absolute Gasteiger partial charge is 0.489 e. The maximum atomic E-state index is 12.7. The zero-order valence-electron chi connectivity index (χ0n) is 18.3. The minimum absolute atomic E-state index is 0.0458. The lowest BCUT2D eigenvalue weighted by atomic mass is 9.90. The van der Waals surface area contributed by atoms with Crippen LogP contribution in [0.5, 0.6) is 5.75 Å². The van der Waals surface area contributed by atoms with E-state index in [-0.39, 0.29) is 24.0 Å². The summed E-state index contributed by atoms with van der Waals surface area (Å²) in [5.74, 6) is 0.193. The van der Waals surface area contributed by atoms with Crippen molar-refractivity contribution in [3.63, 3.8) is 0 Å². The first-order valence-electron chi connectivity index (χ1n) is 11.2. The monoisotopic (exact) mass is 434 g/mol. The van der Waals surface area contributed by atoms with E-state index in [4.69, 9.17) is 9.47 Å². The van der Waals surface area contributed by atoms with Crippen LogP contribution in [0.3, 0.4) is 0 Å². The molecule has 1 N–H and O–H groups in total. The molecule has 1 atom stereocenters. The van der Waals surface area contributed by atoms with Gasteiger partial charge in [-0.05, 0) is 36.1 Å². The average Bonchev–Trinajstić information content (AvgIpc) is 2.81. The number of carbonyl (C=O) groups excluding carboxylic acids is 2. The molecule has 1 unspecified atom stereocenters. The van der Waals surface area contributed by atoms with Gasteiger partial charge in [0.25, 0.3) is 0 Å². The third kappa shape index (κ3) is 6.05. The number of ether oxygens (including phenoxy) is 2. The fraction of sp³-hybridized carbons (Fsp3) is 0.385. The molecule has 0 aromatic heterocycles. The molecule has 32 heavy (non-hydrogen) atoms. The van der Waals surface area contributed by atoms with Gasteiger partial charge >= 0.3 is 0 Å². The number of benzene rings is 2. The van der Waals surface area contributed by atoms with Gasteiger partial charge in [-0.15, -0.1) is 0 Å². The first-order valence-corrected chi connectivity index (χ1v) is 11.2. The lowest BCUT2D eigenvalue weighted by Crippen LogP contribution is -2.35. The molecular weight excluding hydrogens is 404 g/mol. The Labute approximate surface area is 189 Å². The fourth-order valence-electron chi connectivity index (χ4n) is 4.04. The summed E-state index contributed by atoms with van der Waals surface area (Å²) in [6.07, 6.45) is 1.58. The number of rotatable bonds is 8. The molecule has 168 valence electrons. The van der Waals surface area contributed by atoms with Crippen LogP contribution in [0.15, 0.2) is 60.8 Å². The Kier molecular flexibility index (Phi) is 7.35. The SMILES string of the molecule is C=C1CCC(CC(=O)c2cccc(OCc3ccc(CN4CCOCC4)cc3)c2)C(=O)N1. The molecule has 0 bridgehead atoms. The number of amides is 1. The highest BCUT2D eigenvalue weighted by Gasteiger charge is 2.26. The number of Topliss-reactive ketones (excluding diaryl/α,β-unsaturated/α-hetero) is 1. The Morgan fingerprint density at radius 3 is 2.62 bits per heavy atom. The summed E-state index contributed by atoms with van der Waals surface area (Å²) >= 11 is 0. The van der Waals surface area contributed by atoms with Gasteiger partial charge in [0.15, 0.2) is 5.78 Å². The number of ketones is 1. The molecule has 2 heterocycles. The van der Waals surface area contributed by atoms with Crippen LogP contribution < -0.4 is 10.1 Å². The smallest absolute Gasteiger partial charge is 0.227 e. The minimum atomic E-state index is -0.298. The predicted octanol–water partition coefficient (Wildman–Crippen LogP) is 3.71. The Bertz CT molecular complexity index is 964. The van der Waals surface area contributed by atoms with Crippen molar-refractivity contribution in [2.75, 3.05) is 26.3 Å². The molecule has 2 aliphatic rings. The highest BCUT2D eigenvalue weighted by Crippen LogP contribution is 2.23. The van der Waals surface area contributed by atoms with E-state index in [2.05, 4.69) is 41.1 Å². The van der Waals surface area contributed by atoms with Crippen LogP contribution >= 0.6 is 0 Å². The number of hydrogen-bond donors (Lipinski definition) is 1. The highest BCUT2D eigenvalue weighted by molar-refractivity contribution is 5.99. The van der Waals surface area contributed by atoms with E-state index >= 15 is 0 Å². The summed E-state index contributed by atoms with van der Waals surface area (Å²) in [6, 6.07) is 15.6. The van der Waals surface area contributed by atoms with Crippen LogP contribution in [0.4, 0.5) is 0 Å². The molecule has 2 fully saturated rings. The van der Waals surface area contributed by atoms with E-state index in [9.17, 15) is 9.59 Å². The molecule has 4 rings (SSSR count).